The molecule has 0 aliphatic rings. The molecule has 1 rings (SSSR count). The predicted molar refractivity (Wildman–Crippen MR) is 63.2 cm³/mol. The van der Waals surface area contributed by atoms with E-state index < -0.39 is 11.9 Å². The van der Waals surface area contributed by atoms with Crippen LogP contribution in [0.15, 0.2) is 24.3 Å². The molecule has 17 heavy (non-hydrogen) atoms. The first-order chi connectivity index (χ1) is 8.06. The number of hydrogen-bond acceptors (Lipinski definition) is 5. The maximum Gasteiger partial charge on any atom is 0.337 e. The van der Waals surface area contributed by atoms with Gasteiger partial charge in [0, 0.05) is 11.8 Å². The molecule has 0 aliphatic carbocycles. The molecule has 0 atom stereocenters. The summed E-state index contributed by atoms with van der Waals surface area (Å²) in [5.74, 6) is -0.961. The van der Waals surface area contributed by atoms with Crippen molar-refractivity contribution in [1.82, 2.24) is 0 Å². The van der Waals surface area contributed by atoms with Crippen molar-refractivity contribution in [1.29, 1.82) is 0 Å². The fourth-order valence-corrected chi connectivity index (χ4v) is 1.24. The van der Waals surface area contributed by atoms with Crippen molar-refractivity contribution in [3.63, 3.8) is 0 Å². The normalized spacial score (nSPS) is 10.2. The van der Waals surface area contributed by atoms with Gasteiger partial charge < -0.3 is 15.2 Å². The van der Waals surface area contributed by atoms with Crippen LogP contribution in [0, 0.1) is 0 Å². The van der Waals surface area contributed by atoms with Gasteiger partial charge in [-0.15, -0.1) is 0 Å². The predicted octanol–water partition coefficient (Wildman–Crippen LogP) is 1.24. The molecule has 0 radical (unpaired) electrons. The fraction of sp³-hybridized carbons (Fsp3) is 0.167. The molecule has 0 bridgehead atoms. The summed E-state index contributed by atoms with van der Waals surface area (Å²) in [6.07, 6.45) is 2.75. The Bertz CT molecular complexity index is 466. The molecule has 0 fully saturated rings. The molecule has 0 amide bonds. The summed E-state index contributed by atoms with van der Waals surface area (Å²) in [5, 5.41) is 0. The Morgan fingerprint density at radius 2 is 1.88 bits per heavy atom. The van der Waals surface area contributed by atoms with E-state index in [0.29, 0.717) is 16.8 Å². The van der Waals surface area contributed by atoms with Crippen molar-refractivity contribution in [2.75, 3.05) is 20.0 Å². The van der Waals surface area contributed by atoms with Gasteiger partial charge in [0.25, 0.3) is 0 Å². The van der Waals surface area contributed by atoms with Crippen molar-refractivity contribution >= 4 is 23.7 Å². The van der Waals surface area contributed by atoms with Crippen molar-refractivity contribution in [2.24, 2.45) is 0 Å². The number of nitrogen functional groups attached to an aromatic ring is 1. The van der Waals surface area contributed by atoms with Crippen LogP contribution >= 0.6 is 0 Å². The molecule has 0 aliphatic heterocycles. The highest BCUT2D eigenvalue weighted by Gasteiger charge is 2.06. The van der Waals surface area contributed by atoms with E-state index in [1.807, 2.05) is 0 Å². The third kappa shape index (κ3) is 3.64. The lowest BCUT2D eigenvalue weighted by Gasteiger charge is -2.03. The van der Waals surface area contributed by atoms with Crippen LogP contribution in [0.1, 0.15) is 15.9 Å². The highest BCUT2D eigenvalue weighted by atomic mass is 16.5. The van der Waals surface area contributed by atoms with Crippen LogP contribution < -0.4 is 5.73 Å². The van der Waals surface area contributed by atoms with E-state index >= 15 is 0 Å². The number of benzene rings is 1. The maximum absolute atomic E-state index is 11.3. The molecule has 0 spiro atoms. The summed E-state index contributed by atoms with van der Waals surface area (Å²) in [4.78, 5) is 22.2. The van der Waals surface area contributed by atoms with E-state index in [2.05, 4.69) is 9.47 Å². The van der Waals surface area contributed by atoms with Crippen LogP contribution in [-0.2, 0) is 14.3 Å². The molecule has 5 heteroatoms. The van der Waals surface area contributed by atoms with Gasteiger partial charge in [0.1, 0.15) is 0 Å². The summed E-state index contributed by atoms with van der Waals surface area (Å²) in [5.41, 5.74) is 7.00. The first-order valence-corrected chi connectivity index (χ1v) is 4.81. The minimum Gasteiger partial charge on any atom is -0.466 e. The molecular formula is C12H13NO4. The Morgan fingerprint density at radius 1 is 1.18 bits per heavy atom. The molecule has 2 N–H and O–H groups in total. The van der Waals surface area contributed by atoms with Crippen molar-refractivity contribution in [3.8, 4) is 0 Å². The van der Waals surface area contributed by atoms with Crippen molar-refractivity contribution in [2.45, 2.75) is 0 Å². The van der Waals surface area contributed by atoms with Crippen LogP contribution in [0.3, 0.4) is 0 Å². The van der Waals surface area contributed by atoms with E-state index in [1.54, 1.807) is 12.1 Å². The van der Waals surface area contributed by atoms with Gasteiger partial charge in [-0.1, -0.05) is 0 Å². The smallest absolute Gasteiger partial charge is 0.337 e. The second-order valence-corrected chi connectivity index (χ2v) is 3.24. The summed E-state index contributed by atoms with van der Waals surface area (Å²) >= 11 is 0. The lowest BCUT2D eigenvalue weighted by atomic mass is 10.1. The van der Waals surface area contributed by atoms with Gasteiger partial charge in [0.2, 0.25) is 0 Å². The first kappa shape index (κ1) is 12.8. The third-order valence-electron chi connectivity index (χ3n) is 2.01. The fourth-order valence-electron chi connectivity index (χ4n) is 1.24. The van der Waals surface area contributed by atoms with Crippen LogP contribution in [0.4, 0.5) is 5.69 Å². The Morgan fingerprint density at radius 3 is 2.47 bits per heavy atom. The highest BCUT2D eigenvalue weighted by Crippen LogP contribution is 2.14. The lowest BCUT2D eigenvalue weighted by Crippen LogP contribution is -2.02. The standard InChI is InChI=1S/C12H13NO4/c1-16-11(14)4-3-8-5-9(12(15)17-2)7-10(13)6-8/h3-7H,13H2,1-2H3. The first-order valence-electron chi connectivity index (χ1n) is 4.81. The monoisotopic (exact) mass is 235 g/mol. The van der Waals surface area contributed by atoms with Gasteiger partial charge in [0.15, 0.2) is 0 Å². The molecule has 1 aromatic rings. The van der Waals surface area contributed by atoms with Gasteiger partial charge in [-0.3, -0.25) is 0 Å². The molecule has 90 valence electrons. The van der Waals surface area contributed by atoms with E-state index in [4.69, 9.17) is 5.73 Å². The quantitative estimate of drug-likeness (QED) is 0.484. The molecule has 0 saturated heterocycles. The summed E-state index contributed by atoms with van der Waals surface area (Å²) in [7, 11) is 2.57. The second kappa shape index (κ2) is 5.69. The van der Waals surface area contributed by atoms with Gasteiger partial charge in [-0.25, -0.2) is 9.59 Å². The van der Waals surface area contributed by atoms with Crippen molar-refractivity contribution < 1.29 is 19.1 Å². The molecule has 1 aromatic carbocycles. The highest BCUT2D eigenvalue weighted by molar-refractivity contribution is 5.92. The summed E-state index contributed by atoms with van der Waals surface area (Å²) < 4.78 is 9.04. The molecular weight excluding hydrogens is 222 g/mol. The minimum atomic E-state index is -0.481. The van der Waals surface area contributed by atoms with Crippen LogP contribution in [-0.4, -0.2) is 26.2 Å². The Kier molecular flexibility index (Phi) is 4.28. The van der Waals surface area contributed by atoms with E-state index in [9.17, 15) is 9.59 Å². The van der Waals surface area contributed by atoms with Gasteiger partial charge in [-0.2, -0.15) is 0 Å². The minimum absolute atomic E-state index is 0.331. The average Bonchev–Trinajstić information content (AvgIpc) is 2.34. The number of carbonyl (C=O) groups is 2. The van der Waals surface area contributed by atoms with E-state index in [1.165, 1.54) is 32.4 Å². The average molecular weight is 235 g/mol. The Hall–Kier alpha value is -2.30. The number of carbonyl (C=O) groups excluding carboxylic acids is 2. The Balaban J connectivity index is 3.01. The third-order valence-corrected chi connectivity index (χ3v) is 2.01. The van der Waals surface area contributed by atoms with Gasteiger partial charge in [-0.05, 0) is 29.8 Å². The number of rotatable bonds is 3. The number of anilines is 1. The number of hydrogen-bond donors (Lipinski definition) is 1. The Labute approximate surface area is 98.8 Å². The maximum atomic E-state index is 11.3. The zero-order valence-corrected chi connectivity index (χ0v) is 9.60. The number of esters is 2. The lowest BCUT2D eigenvalue weighted by molar-refractivity contribution is -0.134. The molecule has 0 aromatic heterocycles. The van der Waals surface area contributed by atoms with Crippen LogP contribution in [0.2, 0.25) is 0 Å². The molecule has 5 nitrogen and oxygen atoms in total. The largest absolute Gasteiger partial charge is 0.466 e. The second-order valence-electron chi connectivity index (χ2n) is 3.24. The zero-order valence-electron chi connectivity index (χ0n) is 9.60. The molecule has 0 heterocycles. The number of nitrogens with two attached hydrogens (primary N) is 1. The number of ether oxygens (including phenoxy) is 2. The number of methoxy groups -OCH3 is 2. The van der Waals surface area contributed by atoms with Crippen LogP contribution in [0.25, 0.3) is 6.08 Å². The topological polar surface area (TPSA) is 78.6 Å². The van der Waals surface area contributed by atoms with Gasteiger partial charge >= 0.3 is 11.9 Å². The summed E-state index contributed by atoms with van der Waals surface area (Å²) in [6.45, 7) is 0. The van der Waals surface area contributed by atoms with E-state index in [-0.39, 0.29) is 0 Å². The molecule has 0 saturated carbocycles. The van der Waals surface area contributed by atoms with Crippen molar-refractivity contribution in [3.05, 3.63) is 35.4 Å². The molecule has 0 unspecified atom stereocenters. The zero-order chi connectivity index (χ0) is 12.8. The van der Waals surface area contributed by atoms with Crippen LogP contribution in [0.5, 0.6) is 0 Å². The van der Waals surface area contributed by atoms with Gasteiger partial charge in [0.05, 0.1) is 19.8 Å². The SMILES string of the molecule is COC(=O)C=Cc1cc(N)cc(C(=O)OC)c1. The van der Waals surface area contributed by atoms with E-state index in [0.717, 1.165) is 0 Å². The summed E-state index contributed by atoms with van der Waals surface area (Å²) in [6, 6.07) is 4.70.